The SMILES string of the molecule is N#Cc1cc(NCc2ccccc2O)ccc1F. The first-order chi connectivity index (χ1) is 8.70. The summed E-state index contributed by atoms with van der Waals surface area (Å²) in [5.74, 6) is -0.335. The molecule has 0 fully saturated rings. The van der Waals surface area contributed by atoms with Gasteiger partial charge in [0.15, 0.2) is 0 Å². The summed E-state index contributed by atoms with van der Waals surface area (Å²) >= 11 is 0. The van der Waals surface area contributed by atoms with Crippen molar-refractivity contribution >= 4 is 5.69 Å². The summed E-state index contributed by atoms with van der Waals surface area (Å²) in [6.07, 6.45) is 0. The molecule has 2 rings (SSSR count). The average Bonchev–Trinajstić information content (AvgIpc) is 2.39. The van der Waals surface area contributed by atoms with Crippen LogP contribution in [-0.4, -0.2) is 5.11 Å². The number of aromatic hydroxyl groups is 1. The summed E-state index contributed by atoms with van der Waals surface area (Å²) in [7, 11) is 0. The first-order valence-electron chi connectivity index (χ1n) is 5.41. The van der Waals surface area contributed by atoms with Crippen molar-refractivity contribution < 1.29 is 9.50 Å². The fourth-order valence-corrected chi connectivity index (χ4v) is 1.58. The zero-order valence-electron chi connectivity index (χ0n) is 9.52. The smallest absolute Gasteiger partial charge is 0.141 e. The molecule has 0 atom stereocenters. The van der Waals surface area contributed by atoms with Gasteiger partial charge in [0.1, 0.15) is 17.6 Å². The van der Waals surface area contributed by atoms with Crippen LogP contribution < -0.4 is 5.32 Å². The highest BCUT2D eigenvalue weighted by Gasteiger charge is 2.03. The van der Waals surface area contributed by atoms with Crippen molar-refractivity contribution in [2.45, 2.75) is 6.54 Å². The number of nitrogens with one attached hydrogen (secondary N) is 1. The number of benzene rings is 2. The molecule has 0 spiro atoms. The first kappa shape index (κ1) is 11.9. The maximum absolute atomic E-state index is 13.1. The van der Waals surface area contributed by atoms with E-state index in [0.29, 0.717) is 12.2 Å². The number of nitriles is 1. The molecule has 18 heavy (non-hydrogen) atoms. The van der Waals surface area contributed by atoms with Crippen LogP contribution in [0.25, 0.3) is 0 Å². The van der Waals surface area contributed by atoms with Gasteiger partial charge in [-0.3, -0.25) is 0 Å². The van der Waals surface area contributed by atoms with Gasteiger partial charge in [-0.05, 0) is 24.3 Å². The molecule has 0 aromatic heterocycles. The second-order valence-corrected chi connectivity index (χ2v) is 3.79. The molecule has 0 aliphatic rings. The van der Waals surface area contributed by atoms with E-state index in [-0.39, 0.29) is 11.3 Å². The fourth-order valence-electron chi connectivity index (χ4n) is 1.58. The third kappa shape index (κ3) is 2.58. The number of anilines is 1. The molecule has 0 saturated heterocycles. The van der Waals surface area contributed by atoms with E-state index in [4.69, 9.17) is 5.26 Å². The predicted octanol–water partition coefficient (Wildman–Crippen LogP) is 3.02. The summed E-state index contributed by atoms with van der Waals surface area (Å²) in [5, 5.41) is 21.3. The number of halogens is 1. The van der Waals surface area contributed by atoms with Crippen LogP contribution in [0.3, 0.4) is 0 Å². The van der Waals surface area contributed by atoms with Crippen molar-refractivity contribution in [2.24, 2.45) is 0 Å². The van der Waals surface area contributed by atoms with Gasteiger partial charge in [0, 0.05) is 17.8 Å². The molecule has 0 bridgehead atoms. The summed E-state index contributed by atoms with van der Waals surface area (Å²) in [6, 6.07) is 13.0. The van der Waals surface area contributed by atoms with Gasteiger partial charge < -0.3 is 10.4 Å². The standard InChI is InChI=1S/C14H11FN2O/c15-13-6-5-12(7-11(13)8-16)17-9-10-3-1-2-4-14(10)18/h1-7,17-18H,9H2. The number of phenolic OH excluding ortho intramolecular Hbond substituents is 1. The van der Waals surface area contributed by atoms with Gasteiger partial charge in [-0.25, -0.2) is 4.39 Å². The number of nitrogens with zero attached hydrogens (tertiary/aromatic N) is 1. The highest BCUT2D eigenvalue weighted by atomic mass is 19.1. The van der Waals surface area contributed by atoms with Crippen molar-refractivity contribution in [3.05, 3.63) is 59.4 Å². The van der Waals surface area contributed by atoms with Gasteiger partial charge in [0.05, 0.1) is 5.56 Å². The minimum Gasteiger partial charge on any atom is -0.508 e. The van der Waals surface area contributed by atoms with Gasteiger partial charge in [0.2, 0.25) is 0 Å². The molecule has 0 aliphatic carbocycles. The Morgan fingerprint density at radius 2 is 2.00 bits per heavy atom. The quantitative estimate of drug-likeness (QED) is 0.869. The molecule has 0 heterocycles. The van der Waals surface area contributed by atoms with Crippen molar-refractivity contribution in [1.29, 1.82) is 5.26 Å². The average molecular weight is 242 g/mol. The molecule has 0 aliphatic heterocycles. The normalized spacial score (nSPS) is 9.78. The van der Waals surface area contributed by atoms with Crippen molar-refractivity contribution in [3.8, 4) is 11.8 Å². The van der Waals surface area contributed by atoms with E-state index >= 15 is 0 Å². The Bertz CT molecular complexity index is 605. The van der Waals surface area contributed by atoms with Crippen LogP contribution in [0.1, 0.15) is 11.1 Å². The van der Waals surface area contributed by atoms with E-state index in [0.717, 1.165) is 5.56 Å². The van der Waals surface area contributed by atoms with E-state index in [1.54, 1.807) is 30.3 Å². The van der Waals surface area contributed by atoms with Crippen LogP contribution in [0.15, 0.2) is 42.5 Å². The van der Waals surface area contributed by atoms with Gasteiger partial charge in [-0.2, -0.15) is 5.26 Å². The summed E-state index contributed by atoms with van der Waals surface area (Å²) in [6.45, 7) is 0.406. The lowest BCUT2D eigenvalue weighted by Crippen LogP contribution is -2.00. The summed E-state index contributed by atoms with van der Waals surface area (Å²) < 4.78 is 13.1. The van der Waals surface area contributed by atoms with Crippen molar-refractivity contribution in [1.82, 2.24) is 0 Å². The number of hydrogen-bond acceptors (Lipinski definition) is 3. The topological polar surface area (TPSA) is 56.0 Å². The third-order valence-electron chi connectivity index (χ3n) is 2.56. The summed E-state index contributed by atoms with van der Waals surface area (Å²) in [4.78, 5) is 0. The fraction of sp³-hybridized carbons (Fsp3) is 0.0714. The Kier molecular flexibility index (Phi) is 3.44. The lowest BCUT2D eigenvalue weighted by Gasteiger charge is -2.08. The van der Waals surface area contributed by atoms with E-state index in [2.05, 4.69) is 5.32 Å². The Balaban J connectivity index is 2.12. The second-order valence-electron chi connectivity index (χ2n) is 3.79. The third-order valence-corrected chi connectivity index (χ3v) is 2.56. The monoisotopic (exact) mass is 242 g/mol. The highest BCUT2D eigenvalue weighted by molar-refractivity contribution is 5.50. The van der Waals surface area contributed by atoms with Crippen molar-refractivity contribution in [2.75, 3.05) is 5.32 Å². The maximum atomic E-state index is 13.1. The number of para-hydroxylation sites is 1. The van der Waals surface area contributed by atoms with E-state index < -0.39 is 5.82 Å². The minimum absolute atomic E-state index is 0.00252. The summed E-state index contributed by atoms with van der Waals surface area (Å²) in [5.41, 5.74) is 1.37. The molecule has 0 saturated carbocycles. The Morgan fingerprint density at radius 3 is 2.72 bits per heavy atom. The van der Waals surface area contributed by atoms with Crippen LogP contribution in [0.2, 0.25) is 0 Å². The predicted molar refractivity (Wildman–Crippen MR) is 66.5 cm³/mol. The lowest BCUT2D eigenvalue weighted by atomic mass is 10.1. The van der Waals surface area contributed by atoms with E-state index in [1.165, 1.54) is 12.1 Å². The molecule has 2 aromatic rings. The molecular formula is C14H11FN2O. The van der Waals surface area contributed by atoms with Crippen LogP contribution in [0, 0.1) is 17.1 Å². The minimum atomic E-state index is -0.536. The van der Waals surface area contributed by atoms with E-state index in [1.807, 2.05) is 6.07 Å². The van der Waals surface area contributed by atoms with Gasteiger partial charge in [0.25, 0.3) is 0 Å². The van der Waals surface area contributed by atoms with Gasteiger partial charge in [-0.1, -0.05) is 18.2 Å². The molecule has 0 radical (unpaired) electrons. The molecule has 0 amide bonds. The molecule has 2 aromatic carbocycles. The second kappa shape index (κ2) is 5.19. The Hall–Kier alpha value is -2.54. The largest absolute Gasteiger partial charge is 0.508 e. The lowest BCUT2D eigenvalue weighted by molar-refractivity contribution is 0.469. The van der Waals surface area contributed by atoms with Crippen molar-refractivity contribution in [3.63, 3.8) is 0 Å². The maximum Gasteiger partial charge on any atom is 0.141 e. The molecule has 0 unspecified atom stereocenters. The zero-order valence-corrected chi connectivity index (χ0v) is 9.52. The molecule has 2 N–H and O–H groups in total. The Morgan fingerprint density at radius 1 is 1.22 bits per heavy atom. The van der Waals surface area contributed by atoms with Crippen LogP contribution in [0.4, 0.5) is 10.1 Å². The van der Waals surface area contributed by atoms with Gasteiger partial charge in [-0.15, -0.1) is 0 Å². The van der Waals surface area contributed by atoms with Crippen LogP contribution in [0.5, 0.6) is 5.75 Å². The molecule has 3 nitrogen and oxygen atoms in total. The number of phenols is 1. The van der Waals surface area contributed by atoms with E-state index in [9.17, 15) is 9.50 Å². The van der Waals surface area contributed by atoms with Gasteiger partial charge >= 0.3 is 0 Å². The first-order valence-corrected chi connectivity index (χ1v) is 5.41. The molecule has 4 heteroatoms. The zero-order chi connectivity index (χ0) is 13.0. The number of rotatable bonds is 3. The van der Waals surface area contributed by atoms with Crippen LogP contribution in [-0.2, 0) is 6.54 Å². The number of hydrogen-bond donors (Lipinski definition) is 2. The Labute approximate surface area is 104 Å². The van der Waals surface area contributed by atoms with Crippen LogP contribution >= 0.6 is 0 Å². The molecule has 90 valence electrons. The molecular weight excluding hydrogens is 231 g/mol. The highest BCUT2D eigenvalue weighted by Crippen LogP contribution is 2.19.